The van der Waals surface area contributed by atoms with Crippen molar-refractivity contribution in [2.75, 3.05) is 39.6 Å². The molecular formula is C73H138O17P2. The van der Waals surface area contributed by atoms with Crippen molar-refractivity contribution in [3.8, 4) is 0 Å². The van der Waals surface area contributed by atoms with E-state index >= 15 is 0 Å². The van der Waals surface area contributed by atoms with Crippen molar-refractivity contribution in [3.63, 3.8) is 0 Å². The maximum atomic E-state index is 13.0. The van der Waals surface area contributed by atoms with Crippen LogP contribution in [0.25, 0.3) is 0 Å². The fourth-order valence-electron chi connectivity index (χ4n) is 10.5. The van der Waals surface area contributed by atoms with E-state index in [1.807, 2.05) is 0 Å². The number of allylic oxidation sites excluding steroid dienone is 4. The van der Waals surface area contributed by atoms with E-state index in [2.05, 4.69) is 72.8 Å². The highest BCUT2D eigenvalue weighted by molar-refractivity contribution is 7.47. The number of unbranched alkanes of at least 4 members (excludes halogenated alkanes) is 32. The van der Waals surface area contributed by atoms with Crippen LogP contribution >= 0.6 is 15.6 Å². The minimum absolute atomic E-state index is 0.0837. The molecular weight excluding hydrogens is 1210 g/mol. The molecule has 0 aliphatic carbocycles. The third-order valence-electron chi connectivity index (χ3n) is 17.0. The van der Waals surface area contributed by atoms with Gasteiger partial charge < -0.3 is 33.8 Å². The third-order valence-corrected chi connectivity index (χ3v) is 18.9. The molecule has 92 heavy (non-hydrogen) atoms. The highest BCUT2D eigenvalue weighted by atomic mass is 31.2. The van der Waals surface area contributed by atoms with Crippen molar-refractivity contribution in [1.82, 2.24) is 0 Å². The lowest BCUT2D eigenvalue weighted by atomic mass is 9.99. The van der Waals surface area contributed by atoms with Crippen LogP contribution in [0.2, 0.25) is 0 Å². The predicted molar refractivity (Wildman–Crippen MR) is 372 cm³/mol. The summed E-state index contributed by atoms with van der Waals surface area (Å²) in [7, 11) is -9.92. The summed E-state index contributed by atoms with van der Waals surface area (Å²) in [6, 6.07) is 0. The number of aliphatic hydroxyl groups is 1. The fourth-order valence-corrected chi connectivity index (χ4v) is 12.0. The van der Waals surface area contributed by atoms with E-state index in [4.69, 9.17) is 37.0 Å². The Morgan fingerprint density at radius 1 is 0.359 bits per heavy atom. The van der Waals surface area contributed by atoms with Gasteiger partial charge >= 0.3 is 39.5 Å². The van der Waals surface area contributed by atoms with Crippen molar-refractivity contribution < 1.29 is 80.2 Å². The van der Waals surface area contributed by atoms with E-state index < -0.39 is 97.5 Å². The van der Waals surface area contributed by atoms with Crippen molar-refractivity contribution in [2.45, 2.75) is 362 Å². The van der Waals surface area contributed by atoms with Gasteiger partial charge in [-0.15, -0.1) is 0 Å². The molecule has 0 aromatic heterocycles. The largest absolute Gasteiger partial charge is 0.472 e. The SMILES string of the molecule is CCCCCC/C=C\C=C/CCCCCCCC(=O)O[C@H](COC(=O)CCCCCCCCC(C)CC)COP(=O)(O)OC[C@H](O)COP(=O)(O)OC[C@@H](COC(=O)CCCCCCCCCCC(C)CC)OC(=O)CCCCCCCCCCCCCCC(C)C. The maximum Gasteiger partial charge on any atom is 0.472 e. The zero-order valence-electron chi connectivity index (χ0n) is 59.5. The number of hydrogen-bond donors (Lipinski definition) is 3. The summed E-state index contributed by atoms with van der Waals surface area (Å²) in [6.07, 6.45) is 50.7. The van der Waals surface area contributed by atoms with Gasteiger partial charge in [0.15, 0.2) is 12.2 Å². The molecule has 0 aliphatic rings. The number of rotatable bonds is 69. The molecule has 0 heterocycles. The Balaban J connectivity index is 5.30. The van der Waals surface area contributed by atoms with Gasteiger partial charge in [0.05, 0.1) is 26.4 Å². The van der Waals surface area contributed by atoms with E-state index in [1.54, 1.807) is 0 Å². The van der Waals surface area contributed by atoms with Crippen molar-refractivity contribution in [1.29, 1.82) is 0 Å². The number of carbonyl (C=O) groups excluding carboxylic acids is 4. The molecule has 0 radical (unpaired) electrons. The van der Waals surface area contributed by atoms with Crippen LogP contribution in [0.3, 0.4) is 0 Å². The first-order valence-electron chi connectivity index (χ1n) is 37.2. The second kappa shape index (κ2) is 63.3. The van der Waals surface area contributed by atoms with E-state index in [9.17, 15) is 43.2 Å². The third kappa shape index (κ3) is 63.6. The van der Waals surface area contributed by atoms with E-state index in [0.717, 1.165) is 127 Å². The van der Waals surface area contributed by atoms with E-state index in [0.29, 0.717) is 25.7 Å². The van der Waals surface area contributed by atoms with Crippen LogP contribution in [0.15, 0.2) is 24.3 Å². The number of carbonyl (C=O) groups is 4. The lowest BCUT2D eigenvalue weighted by Gasteiger charge is -2.21. The first-order chi connectivity index (χ1) is 44.3. The topological polar surface area (TPSA) is 237 Å². The minimum Gasteiger partial charge on any atom is -0.462 e. The van der Waals surface area contributed by atoms with E-state index in [1.165, 1.54) is 135 Å². The normalized spacial score (nSPS) is 14.9. The molecule has 542 valence electrons. The number of hydrogen-bond acceptors (Lipinski definition) is 15. The molecule has 4 unspecified atom stereocenters. The Bertz CT molecular complexity index is 1900. The van der Waals surface area contributed by atoms with Gasteiger partial charge in [-0.05, 0) is 69.1 Å². The van der Waals surface area contributed by atoms with Gasteiger partial charge in [0.25, 0.3) is 0 Å². The molecule has 7 atom stereocenters. The number of phosphoric acid groups is 2. The maximum absolute atomic E-state index is 13.0. The quantitative estimate of drug-likeness (QED) is 0.0169. The molecule has 0 rings (SSSR count). The van der Waals surface area contributed by atoms with Gasteiger partial charge in [-0.1, -0.05) is 291 Å². The standard InChI is InChI=1S/C73H138O17P2/c1-8-11-12-13-14-15-16-17-18-19-23-26-33-42-49-56-73(78)90-69(61-84-71(76)55-48-41-36-35-39-46-53-66(7)10-3)63-88-92(81,82)86-59-67(74)58-85-91(79,80)87-62-68(60-83-70(75)54-47-40-32-29-28-31-38-45-52-65(6)9-2)89-72(77)57-50-43-34-27-24-21-20-22-25-30-37-44-51-64(4)5/h15-18,64-69,74H,8-14,19-63H2,1-7H3,(H,79,80)(H,81,82)/b16-15-,18-17-/t65?,66?,67-,68-,69-/m1/s1. The van der Waals surface area contributed by atoms with Crippen molar-refractivity contribution in [2.24, 2.45) is 17.8 Å². The molecule has 0 saturated carbocycles. The highest BCUT2D eigenvalue weighted by Crippen LogP contribution is 2.45. The fraction of sp³-hybridized carbons (Fsp3) is 0.890. The van der Waals surface area contributed by atoms with Gasteiger partial charge in [0.1, 0.15) is 19.3 Å². The molecule has 0 fully saturated rings. The van der Waals surface area contributed by atoms with Crippen molar-refractivity contribution >= 4 is 39.5 Å². The van der Waals surface area contributed by atoms with Gasteiger partial charge in [0, 0.05) is 25.7 Å². The second-order valence-electron chi connectivity index (χ2n) is 26.6. The van der Waals surface area contributed by atoms with Crippen LogP contribution in [0.1, 0.15) is 344 Å². The lowest BCUT2D eigenvalue weighted by molar-refractivity contribution is -0.161. The first kappa shape index (κ1) is 89.5. The molecule has 17 nitrogen and oxygen atoms in total. The molecule has 3 N–H and O–H groups in total. The zero-order chi connectivity index (χ0) is 68.0. The number of aliphatic hydroxyl groups excluding tert-OH is 1. The summed E-state index contributed by atoms with van der Waals surface area (Å²) in [5.41, 5.74) is 0. The summed E-state index contributed by atoms with van der Waals surface area (Å²) >= 11 is 0. The van der Waals surface area contributed by atoms with Crippen LogP contribution in [0.5, 0.6) is 0 Å². The Hall–Kier alpha value is -2.46. The molecule has 19 heteroatoms. The van der Waals surface area contributed by atoms with Crippen LogP contribution < -0.4 is 0 Å². The molecule has 0 aliphatic heterocycles. The Morgan fingerprint density at radius 3 is 0.967 bits per heavy atom. The summed E-state index contributed by atoms with van der Waals surface area (Å²) in [5, 5.41) is 10.6. The van der Waals surface area contributed by atoms with Crippen LogP contribution in [0, 0.1) is 17.8 Å². The molecule has 0 aromatic carbocycles. The molecule has 0 spiro atoms. The zero-order valence-corrected chi connectivity index (χ0v) is 61.3. The molecule has 0 aromatic rings. The van der Waals surface area contributed by atoms with Crippen LogP contribution in [0.4, 0.5) is 0 Å². The van der Waals surface area contributed by atoms with Gasteiger partial charge in [-0.3, -0.25) is 37.3 Å². The summed E-state index contributed by atoms with van der Waals surface area (Å²) in [4.78, 5) is 72.7. The molecule has 0 bridgehead atoms. The second-order valence-corrected chi connectivity index (χ2v) is 29.5. The number of phosphoric ester groups is 2. The Labute approximate surface area is 561 Å². The Morgan fingerprint density at radius 2 is 0.641 bits per heavy atom. The van der Waals surface area contributed by atoms with E-state index in [-0.39, 0.29) is 25.7 Å². The molecule has 0 saturated heterocycles. The van der Waals surface area contributed by atoms with Crippen molar-refractivity contribution in [3.05, 3.63) is 24.3 Å². The van der Waals surface area contributed by atoms with Crippen LogP contribution in [-0.4, -0.2) is 96.7 Å². The first-order valence-corrected chi connectivity index (χ1v) is 40.2. The highest BCUT2D eigenvalue weighted by Gasteiger charge is 2.30. The van der Waals surface area contributed by atoms with Gasteiger partial charge in [-0.25, -0.2) is 9.13 Å². The lowest BCUT2D eigenvalue weighted by Crippen LogP contribution is -2.30. The average Bonchev–Trinajstić information content (AvgIpc) is 3.26. The number of ether oxygens (including phenoxy) is 4. The van der Waals surface area contributed by atoms with Crippen LogP contribution in [-0.2, 0) is 65.4 Å². The predicted octanol–water partition coefficient (Wildman–Crippen LogP) is 20.6. The summed E-state index contributed by atoms with van der Waals surface area (Å²) in [5.74, 6) is 0.124. The Kier molecular flexibility index (Phi) is 61.6. The average molecular weight is 1350 g/mol. The van der Waals surface area contributed by atoms with Gasteiger partial charge in [-0.2, -0.15) is 0 Å². The smallest absolute Gasteiger partial charge is 0.462 e. The molecule has 0 amide bonds. The summed E-state index contributed by atoms with van der Waals surface area (Å²) in [6.45, 7) is 11.8. The summed E-state index contributed by atoms with van der Waals surface area (Å²) < 4.78 is 68.4. The minimum atomic E-state index is -4.96. The van der Waals surface area contributed by atoms with Gasteiger partial charge in [0.2, 0.25) is 0 Å². The monoisotopic (exact) mass is 1350 g/mol. The number of esters is 4.